The lowest BCUT2D eigenvalue weighted by molar-refractivity contribution is -0.384. The highest BCUT2D eigenvalue weighted by Gasteiger charge is 2.48. The van der Waals surface area contributed by atoms with E-state index in [1.54, 1.807) is 30.3 Å². The number of aromatic nitrogens is 2. The van der Waals surface area contributed by atoms with Gasteiger partial charge in [-0.1, -0.05) is 77.2 Å². The summed E-state index contributed by atoms with van der Waals surface area (Å²) in [6.45, 7) is 2.35. The average molecular weight is 685 g/mol. The molecule has 5 aromatic rings. The number of aliphatic hydroxyl groups excluding tert-OH is 1. The molecule has 1 unspecified atom stereocenters. The number of non-ortho nitro benzene ring substituents is 1. The molecule has 4 aromatic carbocycles. The van der Waals surface area contributed by atoms with Gasteiger partial charge in [0.2, 0.25) is 5.13 Å². The van der Waals surface area contributed by atoms with E-state index >= 15 is 0 Å². The lowest BCUT2D eigenvalue weighted by Crippen LogP contribution is -2.29. The van der Waals surface area contributed by atoms with E-state index in [0.29, 0.717) is 33.0 Å². The number of ether oxygens (including phenoxy) is 1. The van der Waals surface area contributed by atoms with Crippen LogP contribution in [0.1, 0.15) is 33.9 Å². The first kappa shape index (κ1) is 31.9. The monoisotopic (exact) mass is 684 g/mol. The second-order valence-corrected chi connectivity index (χ2v) is 13.1. The molecule has 6 rings (SSSR count). The number of hydrogen-bond donors (Lipinski definition) is 1. The topological polar surface area (TPSA) is 136 Å². The van der Waals surface area contributed by atoms with Gasteiger partial charge in [-0.05, 0) is 71.6 Å². The fraction of sp³-hybridized carbons (Fsp3) is 0.118. The fourth-order valence-corrected chi connectivity index (χ4v) is 7.19. The number of ketones is 1. The lowest BCUT2D eigenvalue weighted by Gasteiger charge is -2.22. The minimum absolute atomic E-state index is 0.135. The highest BCUT2D eigenvalue weighted by molar-refractivity contribution is 8.00. The van der Waals surface area contributed by atoms with Gasteiger partial charge in [-0.15, -0.1) is 10.2 Å². The molecule has 2 heterocycles. The van der Waals surface area contributed by atoms with Crippen LogP contribution in [-0.4, -0.2) is 31.9 Å². The third-order valence-corrected chi connectivity index (χ3v) is 10.0. The van der Waals surface area contributed by atoms with Crippen LogP contribution in [0.2, 0.25) is 5.02 Å². The first-order valence-corrected chi connectivity index (χ1v) is 16.4. The predicted molar refractivity (Wildman–Crippen MR) is 181 cm³/mol. The van der Waals surface area contributed by atoms with Gasteiger partial charge in [-0.2, -0.15) is 0 Å². The third kappa shape index (κ3) is 6.75. The minimum Gasteiger partial charge on any atom is -0.507 e. The predicted octanol–water partition coefficient (Wildman–Crippen LogP) is 7.91. The van der Waals surface area contributed by atoms with Crippen molar-refractivity contribution in [3.05, 3.63) is 146 Å². The quantitative estimate of drug-likeness (QED) is 0.0296. The Balaban J connectivity index is 1.32. The van der Waals surface area contributed by atoms with Crippen molar-refractivity contribution in [3.63, 3.8) is 0 Å². The number of Topliss-reactive ketones (excluding diaryl/α,β-unsaturated/α-hetero) is 1. The maximum Gasteiger partial charge on any atom is 0.301 e. The Kier molecular flexibility index (Phi) is 9.34. The summed E-state index contributed by atoms with van der Waals surface area (Å²) in [5.41, 5.74) is 3.33. The number of anilines is 1. The summed E-state index contributed by atoms with van der Waals surface area (Å²) < 4.78 is 6.45. The molecule has 0 aliphatic carbocycles. The Labute approximate surface area is 282 Å². The van der Waals surface area contributed by atoms with Gasteiger partial charge in [0.25, 0.3) is 11.5 Å². The number of aliphatic hydroxyl groups is 1. The summed E-state index contributed by atoms with van der Waals surface area (Å²) in [4.78, 5) is 39.1. The van der Waals surface area contributed by atoms with Crippen molar-refractivity contribution in [2.45, 2.75) is 29.7 Å². The SMILES string of the molecule is Cc1ccccc1COc1ccc(/C(O)=C2\C(=O)C(=O)N(c3nnc(SCc4ccccc4Cl)s3)C2c2ccc([N+](=O)[O-])cc2)cc1. The molecule has 1 aromatic heterocycles. The standard InChI is InChI=1S/C34H25ClN4O6S2/c1-20-6-2-3-7-23(20)18-45-26-16-12-22(13-17-26)30(40)28-29(21-10-14-25(15-11-21)39(43)44)38(32(42)31(28)41)33-36-37-34(47-33)46-19-24-8-4-5-9-27(24)35/h2-17,29,40H,18-19H2,1H3/b30-28+. The van der Waals surface area contributed by atoms with Crippen molar-refractivity contribution in [2.75, 3.05) is 4.90 Å². The van der Waals surface area contributed by atoms with Gasteiger partial charge in [0.1, 0.15) is 18.1 Å². The Morgan fingerprint density at radius 1 is 0.979 bits per heavy atom. The van der Waals surface area contributed by atoms with Crippen molar-refractivity contribution < 1.29 is 24.4 Å². The normalized spacial score (nSPS) is 15.6. The molecule has 13 heteroatoms. The molecule has 1 N–H and O–H groups in total. The number of halogens is 1. The maximum atomic E-state index is 13.6. The zero-order chi connectivity index (χ0) is 33.1. The Morgan fingerprint density at radius 3 is 2.34 bits per heavy atom. The van der Waals surface area contributed by atoms with Gasteiger partial charge in [0.05, 0.1) is 16.5 Å². The van der Waals surface area contributed by atoms with Crippen LogP contribution in [0, 0.1) is 17.0 Å². The minimum atomic E-state index is -1.12. The zero-order valence-corrected chi connectivity index (χ0v) is 27.1. The molecule has 1 fully saturated rings. The molecule has 0 spiro atoms. The van der Waals surface area contributed by atoms with Crippen molar-refractivity contribution in [1.29, 1.82) is 0 Å². The molecule has 0 saturated carbocycles. The van der Waals surface area contributed by atoms with E-state index in [1.165, 1.54) is 40.9 Å². The highest BCUT2D eigenvalue weighted by atomic mass is 35.5. The second-order valence-electron chi connectivity index (χ2n) is 10.5. The largest absolute Gasteiger partial charge is 0.507 e. The van der Waals surface area contributed by atoms with E-state index in [1.807, 2.05) is 49.4 Å². The van der Waals surface area contributed by atoms with E-state index in [9.17, 15) is 24.8 Å². The number of nitro groups is 1. The van der Waals surface area contributed by atoms with E-state index < -0.39 is 28.4 Å². The smallest absolute Gasteiger partial charge is 0.301 e. The van der Waals surface area contributed by atoms with Crippen LogP contribution in [-0.2, 0) is 21.9 Å². The highest BCUT2D eigenvalue weighted by Crippen LogP contribution is 2.44. The average Bonchev–Trinajstić information content (AvgIpc) is 3.65. The molecule has 1 aliphatic rings. The molecule has 10 nitrogen and oxygen atoms in total. The molecule has 0 radical (unpaired) electrons. The van der Waals surface area contributed by atoms with Crippen molar-refractivity contribution in [3.8, 4) is 5.75 Å². The van der Waals surface area contributed by atoms with Crippen LogP contribution in [0.5, 0.6) is 5.75 Å². The van der Waals surface area contributed by atoms with Crippen molar-refractivity contribution in [2.24, 2.45) is 0 Å². The number of nitro benzene ring substituents is 1. The zero-order valence-electron chi connectivity index (χ0n) is 24.7. The summed E-state index contributed by atoms with van der Waals surface area (Å²) in [6, 6.07) is 26.1. The first-order chi connectivity index (χ1) is 22.7. The number of carbonyl (C=O) groups is 2. The Morgan fingerprint density at radius 2 is 1.66 bits per heavy atom. The summed E-state index contributed by atoms with van der Waals surface area (Å²) in [5, 5.41) is 32.0. The van der Waals surface area contributed by atoms with Crippen LogP contribution >= 0.6 is 34.7 Å². The summed E-state index contributed by atoms with van der Waals surface area (Å²) >= 11 is 8.76. The van der Waals surface area contributed by atoms with Crippen LogP contribution in [0.3, 0.4) is 0 Å². The molecule has 47 heavy (non-hydrogen) atoms. The molecule has 1 saturated heterocycles. The second kappa shape index (κ2) is 13.8. The summed E-state index contributed by atoms with van der Waals surface area (Å²) in [5.74, 6) is -1.19. The molecule has 1 amide bonds. The maximum absolute atomic E-state index is 13.6. The Bertz CT molecular complexity index is 2010. The summed E-state index contributed by atoms with van der Waals surface area (Å²) in [7, 11) is 0. The number of hydrogen-bond acceptors (Lipinski definition) is 10. The van der Waals surface area contributed by atoms with E-state index in [2.05, 4.69) is 10.2 Å². The van der Waals surface area contributed by atoms with Crippen molar-refractivity contribution >= 4 is 63.0 Å². The van der Waals surface area contributed by atoms with Crippen LogP contribution in [0.15, 0.2) is 107 Å². The Hall–Kier alpha value is -5.04. The van der Waals surface area contributed by atoms with Crippen LogP contribution < -0.4 is 9.64 Å². The number of rotatable bonds is 10. The number of nitrogens with zero attached hydrogens (tertiary/aromatic N) is 4. The van der Waals surface area contributed by atoms with Crippen LogP contribution in [0.4, 0.5) is 10.8 Å². The molecule has 0 bridgehead atoms. The summed E-state index contributed by atoms with van der Waals surface area (Å²) in [6.07, 6.45) is 0. The van der Waals surface area contributed by atoms with Gasteiger partial charge in [0.15, 0.2) is 4.34 Å². The van der Waals surface area contributed by atoms with Gasteiger partial charge < -0.3 is 9.84 Å². The molecular weight excluding hydrogens is 660 g/mol. The van der Waals surface area contributed by atoms with E-state index in [-0.39, 0.29) is 22.0 Å². The van der Waals surface area contributed by atoms with Gasteiger partial charge in [-0.25, -0.2) is 0 Å². The fourth-order valence-electron chi connectivity index (χ4n) is 5.03. The van der Waals surface area contributed by atoms with E-state index in [0.717, 1.165) is 28.0 Å². The number of benzene rings is 4. The van der Waals surface area contributed by atoms with Crippen molar-refractivity contribution in [1.82, 2.24) is 10.2 Å². The van der Waals surface area contributed by atoms with Crippen LogP contribution in [0.25, 0.3) is 5.76 Å². The lowest BCUT2D eigenvalue weighted by atomic mass is 9.95. The first-order valence-electron chi connectivity index (χ1n) is 14.2. The molecule has 1 aliphatic heterocycles. The van der Waals surface area contributed by atoms with Gasteiger partial charge >= 0.3 is 5.91 Å². The van der Waals surface area contributed by atoms with Gasteiger partial charge in [0, 0.05) is 28.5 Å². The third-order valence-electron chi connectivity index (χ3n) is 7.56. The molecule has 1 atom stereocenters. The van der Waals surface area contributed by atoms with E-state index in [4.69, 9.17) is 16.3 Å². The number of aryl methyl sites for hydroxylation is 1. The number of amides is 1. The number of carbonyl (C=O) groups excluding carboxylic acids is 2. The van der Waals surface area contributed by atoms with Gasteiger partial charge in [-0.3, -0.25) is 24.6 Å². The molecule has 236 valence electrons. The number of thioether (sulfide) groups is 1. The molecular formula is C34H25ClN4O6S2.